The van der Waals surface area contributed by atoms with Crippen LogP contribution in [0.5, 0.6) is 0 Å². The number of rotatable bonds is 4. The third-order valence-electron chi connectivity index (χ3n) is 1.84. The standard InChI is InChI=1S/C9H13BrN2O2S.ClH/c1-7(6-11)12-15(13,14)9-5-3-2-4-8(9)10;/h2-5,7,12H,6,11H2,1H3;1H/t7-;/m1./s1. The van der Waals surface area contributed by atoms with Crippen molar-refractivity contribution in [2.75, 3.05) is 6.54 Å². The highest BCUT2D eigenvalue weighted by atomic mass is 79.9. The predicted molar refractivity (Wildman–Crippen MR) is 70.2 cm³/mol. The van der Waals surface area contributed by atoms with E-state index >= 15 is 0 Å². The molecule has 1 rings (SSSR count). The number of nitrogens with two attached hydrogens (primary N) is 1. The third-order valence-corrected chi connectivity index (χ3v) is 4.44. The normalized spacial score (nSPS) is 12.9. The van der Waals surface area contributed by atoms with E-state index in [1.165, 1.54) is 6.07 Å². The Kier molecular flexibility index (Phi) is 6.50. The smallest absolute Gasteiger partial charge is 0.241 e. The van der Waals surface area contributed by atoms with E-state index in [9.17, 15) is 8.42 Å². The topological polar surface area (TPSA) is 72.2 Å². The molecular weight excluding hydrogens is 316 g/mol. The highest BCUT2D eigenvalue weighted by Crippen LogP contribution is 2.20. The summed E-state index contributed by atoms with van der Waals surface area (Å²) in [6.07, 6.45) is 0. The van der Waals surface area contributed by atoms with Gasteiger partial charge in [0.05, 0.1) is 4.90 Å². The Labute approximate surface area is 110 Å². The molecule has 0 amide bonds. The van der Waals surface area contributed by atoms with E-state index in [2.05, 4.69) is 20.7 Å². The molecule has 0 bridgehead atoms. The summed E-state index contributed by atoms with van der Waals surface area (Å²) in [4.78, 5) is 0.227. The first kappa shape index (κ1) is 15.9. The van der Waals surface area contributed by atoms with Crippen molar-refractivity contribution in [3.05, 3.63) is 28.7 Å². The van der Waals surface area contributed by atoms with Gasteiger partial charge < -0.3 is 5.73 Å². The summed E-state index contributed by atoms with van der Waals surface area (Å²) >= 11 is 3.19. The predicted octanol–water partition coefficient (Wildman–Crippen LogP) is 1.50. The van der Waals surface area contributed by atoms with Gasteiger partial charge in [-0.25, -0.2) is 13.1 Å². The fourth-order valence-corrected chi connectivity index (χ4v) is 3.30. The number of nitrogens with one attached hydrogen (secondary N) is 1. The van der Waals surface area contributed by atoms with Gasteiger partial charge in [-0.2, -0.15) is 0 Å². The van der Waals surface area contributed by atoms with Crippen LogP contribution in [0, 0.1) is 0 Å². The minimum atomic E-state index is -3.48. The van der Waals surface area contributed by atoms with Crippen LogP contribution in [0.15, 0.2) is 33.6 Å². The molecule has 1 aromatic rings. The van der Waals surface area contributed by atoms with Gasteiger partial charge in [-0.05, 0) is 35.0 Å². The van der Waals surface area contributed by atoms with Gasteiger partial charge in [0.15, 0.2) is 0 Å². The lowest BCUT2D eigenvalue weighted by molar-refractivity contribution is 0.562. The van der Waals surface area contributed by atoms with Crippen LogP contribution in [-0.4, -0.2) is 21.0 Å². The molecule has 3 N–H and O–H groups in total. The molecular formula is C9H14BrClN2O2S. The second-order valence-corrected chi connectivity index (χ2v) is 5.73. The molecule has 0 saturated heterocycles. The van der Waals surface area contributed by atoms with Crippen LogP contribution in [0.1, 0.15) is 6.92 Å². The van der Waals surface area contributed by atoms with Gasteiger partial charge in [0.1, 0.15) is 0 Å². The van der Waals surface area contributed by atoms with Gasteiger partial charge in [0, 0.05) is 17.1 Å². The zero-order chi connectivity index (χ0) is 11.5. The number of hydrogen-bond donors (Lipinski definition) is 2. The van der Waals surface area contributed by atoms with Crippen LogP contribution in [-0.2, 0) is 10.0 Å². The van der Waals surface area contributed by atoms with Gasteiger partial charge in [0.2, 0.25) is 10.0 Å². The molecule has 7 heteroatoms. The van der Waals surface area contributed by atoms with Crippen LogP contribution < -0.4 is 10.5 Å². The quantitative estimate of drug-likeness (QED) is 0.879. The number of hydrogen-bond acceptors (Lipinski definition) is 3. The van der Waals surface area contributed by atoms with Crippen LogP contribution in [0.3, 0.4) is 0 Å². The van der Waals surface area contributed by atoms with Crippen molar-refractivity contribution in [2.24, 2.45) is 5.73 Å². The van der Waals surface area contributed by atoms with Crippen LogP contribution in [0.4, 0.5) is 0 Å². The van der Waals surface area contributed by atoms with E-state index in [1.807, 2.05) is 0 Å². The van der Waals surface area contributed by atoms with E-state index in [1.54, 1.807) is 25.1 Å². The minimum absolute atomic E-state index is 0. The van der Waals surface area contributed by atoms with Gasteiger partial charge >= 0.3 is 0 Å². The molecule has 0 heterocycles. The Balaban J connectivity index is 0.00000225. The summed E-state index contributed by atoms with van der Waals surface area (Å²) in [6.45, 7) is 1.98. The third kappa shape index (κ3) is 4.03. The summed E-state index contributed by atoms with van der Waals surface area (Å²) in [5.41, 5.74) is 5.36. The van der Waals surface area contributed by atoms with E-state index in [4.69, 9.17) is 5.73 Å². The van der Waals surface area contributed by atoms with Crippen molar-refractivity contribution in [2.45, 2.75) is 17.9 Å². The first-order valence-electron chi connectivity index (χ1n) is 4.44. The molecule has 0 aromatic heterocycles. The highest BCUT2D eigenvalue weighted by molar-refractivity contribution is 9.10. The Morgan fingerprint density at radius 2 is 2.00 bits per heavy atom. The molecule has 0 aliphatic rings. The molecule has 1 aromatic carbocycles. The van der Waals surface area contributed by atoms with Crippen molar-refractivity contribution < 1.29 is 8.42 Å². The first-order valence-corrected chi connectivity index (χ1v) is 6.72. The zero-order valence-corrected chi connectivity index (χ0v) is 11.9. The largest absolute Gasteiger partial charge is 0.329 e. The maximum Gasteiger partial charge on any atom is 0.241 e. The number of sulfonamides is 1. The van der Waals surface area contributed by atoms with E-state index in [0.717, 1.165) is 0 Å². The van der Waals surface area contributed by atoms with Crippen molar-refractivity contribution in [3.8, 4) is 0 Å². The molecule has 92 valence electrons. The Morgan fingerprint density at radius 3 is 2.50 bits per heavy atom. The lowest BCUT2D eigenvalue weighted by Crippen LogP contribution is -2.37. The SMILES string of the molecule is C[C@H](CN)NS(=O)(=O)c1ccccc1Br.Cl. The molecule has 0 aliphatic heterocycles. The lowest BCUT2D eigenvalue weighted by Gasteiger charge is -2.12. The molecule has 0 unspecified atom stereocenters. The molecule has 0 saturated carbocycles. The molecule has 0 fully saturated rings. The number of halogens is 2. The molecule has 0 spiro atoms. The molecule has 4 nitrogen and oxygen atoms in total. The summed E-state index contributed by atoms with van der Waals surface area (Å²) < 4.78 is 26.7. The van der Waals surface area contributed by atoms with E-state index < -0.39 is 10.0 Å². The summed E-state index contributed by atoms with van der Waals surface area (Å²) in [6, 6.07) is 6.38. The highest BCUT2D eigenvalue weighted by Gasteiger charge is 2.18. The van der Waals surface area contributed by atoms with Crippen molar-refractivity contribution >= 4 is 38.4 Å². The van der Waals surface area contributed by atoms with Gasteiger partial charge in [0.25, 0.3) is 0 Å². The average molecular weight is 330 g/mol. The van der Waals surface area contributed by atoms with Gasteiger partial charge in [-0.1, -0.05) is 12.1 Å². The monoisotopic (exact) mass is 328 g/mol. The summed E-state index contributed by atoms with van der Waals surface area (Å²) in [7, 11) is -3.48. The summed E-state index contributed by atoms with van der Waals surface area (Å²) in [5.74, 6) is 0. The Hall–Kier alpha value is -0.140. The minimum Gasteiger partial charge on any atom is -0.329 e. The first-order chi connectivity index (χ1) is 6.97. The van der Waals surface area contributed by atoms with Crippen molar-refractivity contribution in [1.29, 1.82) is 0 Å². The fraction of sp³-hybridized carbons (Fsp3) is 0.333. The molecule has 0 aliphatic carbocycles. The second-order valence-electron chi connectivity index (χ2n) is 3.19. The van der Waals surface area contributed by atoms with Crippen LogP contribution in [0.25, 0.3) is 0 Å². The van der Waals surface area contributed by atoms with Gasteiger partial charge in [-0.3, -0.25) is 0 Å². The maximum atomic E-state index is 11.8. The van der Waals surface area contributed by atoms with Gasteiger partial charge in [-0.15, -0.1) is 12.4 Å². The van der Waals surface area contributed by atoms with Crippen molar-refractivity contribution in [3.63, 3.8) is 0 Å². The maximum absolute atomic E-state index is 11.8. The van der Waals surface area contributed by atoms with Crippen molar-refractivity contribution in [1.82, 2.24) is 4.72 Å². The van der Waals surface area contributed by atoms with E-state index in [0.29, 0.717) is 4.47 Å². The van der Waals surface area contributed by atoms with E-state index in [-0.39, 0.29) is 29.9 Å². The fourth-order valence-electron chi connectivity index (χ4n) is 1.04. The Bertz CT molecular complexity index is 439. The molecule has 1 atom stereocenters. The van der Waals surface area contributed by atoms with Crippen LogP contribution >= 0.6 is 28.3 Å². The number of benzene rings is 1. The zero-order valence-electron chi connectivity index (χ0n) is 8.68. The lowest BCUT2D eigenvalue weighted by atomic mass is 10.4. The second kappa shape index (κ2) is 6.56. The summed E-state index contributed by atoms with van der Waals surface area (Å²) in [5, 5.41) is 0. The average Bonchev–Trinajstić information content (AvgIpc) is 2.17. The Morgan fingerprint density at radius 1 is 1.44 bits per heavy atom. The molecule has 16 heavy (non-hydrogen) atoms. The van der Waals surface area contributed by atoms with Crippen LogP contribution in [0.2, 0.25) is 0 Å². The molecule has 0 radical (unpaired) electrons.